The Labute approximate surface area is 84.3 Å². The lowest BCUT2D eigenvalue weighted by Gasteiger charge is -2.34. The van der Waals surface area contributed by atoms with Crippen molar-refractivity contribution in [1.29, 1.82) is 0 Å². The van der Waals surface area contributed by atoms with Crippen LogP contribution in [0.3, 0.4) is 0 Å². The average molecular weight is 192 g/mol. The second-order valence-corrected chi connectivity index (χ2v) is 4.78. The highest BCUT2D eigenvalue weighted by Gasteiger charge is 2.45. The molecule has 0 N–H and O–H groups in total. The van der Waals surface area contributed by atoms with Crippen LogP contribution >= 0.6 is 0 Å². The summed E-state index contributed by atoms with van der Waals surface area (Å²) in [6, 6.07) is 0. The van der Waals surface area contributed by atoms with Crippen molar-refractivity contribution in [2.24, 2.45) is 17.8 Å². The van der Waals surface area contributed by atoms with E-state index in [0.29, 0.717) is 18.4 Å². The van der Waals surface area contributed by atoms with E-state index in [4.69, 9.17) is 4.74 Å². The Morgan fingerprint density at radius 3 is 3.21 bits per heavy atom. The number of fused-ring (bicyclic) bond motifs is 3. The number of esters is 1. The molecule has 2 aliphatic carbocycles. The maximum absolute atomic E-state index is 11.6. The number of carbonyl (C=O) groups is 1. The van der Waals surface area contributed by atoms with Gasteiger partial charge in [0.25, 0.3) is 0 Å². The van der Waals surface area contributed by atoms with Gasteiger partial charge in [-0.2, -0.15) is 0 Å². The summed E-state index contributed by atoms with van der Waals surface area (Å²) < 4.78 is 5.18. The highest BCUT2D eigenvalue weighted by atomic mass is 16.5. The molecular formula is C12H16O2. The molecule has 0 spiro atoms. The van der Waals surface area contributed by atoms with Gasteiger partial charge in [-0.25, -0.2) is 0 Å². The summed E-state index contributed by atoms with van der Waals surface area (Å²) in [5, 5.41) is 0. The summed E-state index contributed by atoms with van der Waals surface area (Å²) in [5.74, 6) is 1.33. The summed E-state index contributed by atoms with van der Waals surface area (Å²) in [6.45, 7) is 0.670. The molecule has 1 heterocycles. The van der Waals surface area contributed by atoms with Crippen molar-refractivity contribution < 1.29 is 9.53 Å². The van der Waals surface area contributed by atoms with E-state index in [2.05, 4.69) is 6.08 Å². The van der Waals surface area contributed by atoms with Crippen LogP contribution in [0, 0.1) is 17.8 Å². The summed E-state index contributed by atoms with van der Waals surface area (Å²) in [4.78, 5) is 11.6. The maximum Gasteiger partial charge on any atom is 0.309 e. The van der Waals surface area contributed by atoms with Crippen molar-refractivity contribution in [3.05, 3.63) is 11.6 Å². The first-order valence-corrected chi connectivity index (χ1v) is 5.72. The van der Waals surface area contributed by atoms with E-state index >= 15 is 0 Å². The van der Waals surface area contributed by atoms with Crippen LogP contribution in [0.25, 0.3) is 0 Å². The average Bonchev–Trinajstić information content (AvgIpc) is 2.61. The molecule has 1 saturated heterocycles. The summed E-state index contributed by atoms with van der Waals surface area (Å²) in [7, 11) is 0. The normalized spacial score (nSPS) is 41.0. The number of carbonyl (C=O) groups excluding carboxylic acids is 1. The third-order valence-electron chi connectivity index (χ3n) is 4.04. The van der Waals surface area contributed by atoms with Crippen molar-refractivity contribution in [3.63, 3.8) is 0 Å². The largest absolute Gasteiger partial charge is 0.465 e. The number of hydrogen-bond donors (Lipinski definition) is 0. The minimum atomic E-state index is 0.0764. The number of rotatable bonds is 0. The first-order valence-electron chi connectivity index (χ1n) is 5.72. The van der Waals surface area contributed by atoms with Crippen LogP contribution in [-0.2, 0) is 9.53 Å². The van der Waals surface area contributed by atoms with Gasteiger partial charge >= 0.3 is 5.97 Å². The summed E-state index contributed by atoms with van der Waals surface area (Å²) >= 11 is 0. The van der Waals surface area contributed by atoms with Gasteiger partial charge < -0.3 is 4.74 Å². The molecule has 3 atom stereocenters. The molecule has 14 heavy (non-hydrogen) atoms. The predicted molar refractivity (Wildman–Crippen MR) is 52.6 cm³/mol. The standard InChI is InChI=1S/C12H16O2/c13-12-11-9(7-14-12)6-5-8-3-1-2-4-10(8)11/h5,9-11H,1-4,6-7H2/t9-,10-,11+/m0/s1. The minimum absolute atomic E-state index is 0.0764. The first kappa shape index (κ1) is 8.51. The third kappa shape index (κ3) is 1.13. The van der Waals surface area contributed by atoms with Gasteiger partial charge in [0.05, 0.1) is 12.5 Å². The van der Waals surface area contributed by atoms with Gasteiger partial charge in [-0.3, -0.25) is 4.79 Å². The molecule has 0 bridgehead atoms. The zero-order valence-corrected chi connectivity index (χ0v) is 8.37. The number of hydrogen-bond acceptors (Lipinski definition) is 2. The molecular weight excluding hydrogens is 176 g/mol. The Bertz CT molecular complexity index is 293. The van der Waals surface area contributed by atoms with E-state index in [1.54, 1.807) is 5.57 Å². The van der Waals surface area contributed by atoms with Crippen molar-refractivity contribution in [1.82, 2.24) is 0 Å². The highest BCUT2D eigenvalue weighted by molar-refractivity contribution is 5.76. The Kier molecular flexibility index (Phi) is 1.89. The van der Waals surface area contributed by atoms with Crippen molar-refractivity contribution in [2.75, 3.05) is 6.61 Å². The predicted octanol–water partition coefficient (Wildman–Crippen LogP) is 2.30. The lowest BCUT2D eigenvalue weighted by molar-refractivity contribution is -0.142. The van der Waals surface area contributed by atoms with Crippen LogP contribution < -0.4 is 0 Å². The lowest BCUT2D eigenvalue weighted by Crippen LogP contribution is -2.31. The van der Waals surface area contributed by atoms with E-state index < -0.39 is 0 Å². The molecule has 0 aromatic rings. The van der Waals surface area contributed by atoms with Gasteiger partial charge in [0.1, 0.15) is 0 Å². The quantitative estimate of drug-likeness (QED) is 0.435. The van der Waals surface area contributed by atoms with E-state index in [1.165, 1.54) is 25.7 Å². The summed E-state index contributed by atoms with van der Waals surface area (Å²) in [5.41, 5.74) is 1.55. The number of allylic oxidation sites excluding steroid dienone is 2. The van der Waals surface area contributed by atoms with Gasteiger partial charge in [-0.15, -0.1) is 0 Å². The molecule has 2 nitrogen and oxygen atoms in total. The Hall–Kier alpha value is -0.790. The van der Waals surface area contributed by atoms with Crippen LogP contribution in [0.1, 0.15) is 32.1 Å². The smallest absolute Gasteiger partial charge is 0.309 e. The molecule has 1 aliphatic heterocycles. The fourth-order valence-corrected chi connectivity index (χ4v) is 3.32. The Balaban J connectivity index is 1.91. The number of cyclic esters (lactones) is 1. The van der Waals surface area contributed by atoms with Crippen LogP contribution in [0.2, 0.25) is 0 Å². The zero-order valence-electron chi connectivity index (χ0n) is 8.37. The minimum Gasteiger partial charge on any atom is -0.465 e. The Morgan fingerprint density at radius 1 is 1.36 bits per heavy atom. The van der Waals surface area contributed by atoms with Crippen LogP contribution in [0.15, 0.2) is 11.6 Å². The van der Waals surface area contributed by atoms with Crippen LogP contribution in [-0.4, -0.2) is 12.6 Å². The van der Waals surface area contributed by atoms with Crippen LogP contribution in [0.5, 0.6) is 0 Å². The zero-order chi connectivity index (χ0) is 9.54. The first-order chi connectivity index (χ1) is 6.86. The molecule has 3 aliphatic rings. The van der Waals surface area contributed by atoms with Gasteiger partial charge in [0, 0.05) is 5.92 Å². The summed E-state index contributed by atoms with van der Waals surface area (Å²) in [6.07, 6.45) is 8.49. The molecule has 0 aromatic carbocycles. The number of ether oxygens (including phenoxy) is 1. The third-order valence-corrected chi connectivity index (χ3v) is 4.04. The fourth-order valence-electron chi connectivity index (χ4n) is 3.32. The Morgan fingerprint density at radius 2 is 2.29 bits per heavy atom. The highest BCUT2D eigenvalue weighted by Crippen LogP contribution is 2.45. The molecule has 0 unspecified atom stereocenters. The van der Waals surface area contributed by atoms with Gasteiger partial charge in [-0.05, 0) is 31.6 Å². The SMILES string of the molecule is O=C1OC[C@@H]2CC=C3CCCC[C@@H]3[C@H]12. The van der Waals surface area contributed by atoms with Crippen molar-refractivity contribution in [2.45, 2.75) is 32.1 Å². The molecule has 2 fully saturated rings. The van der Waals surface area contributed by atoms with E-state index in [-0.39, 0.29) is 11.9 Å². The van der Waals surface area contributed by atoms with Gasteiger partial charge in [0.15, 0.2) is 0 Å². The lowest BCUT2D eigenvalue weighted by atomic mass is 9.68. The second-order valence-electron chi connectivity index (χ2n) is 4.78. The van der Waals surface area contributed by atoms with Crippen molar-refractivity contribution >= 4 is 5.97 Å². The monoisotopic (exact) mass is 192 g/mol. The fraction of sp³-hybridized carbons (Fsp3) is 0.750. The van der Waals surface area contributed by atoms with E-state index in [1.807, 2.05) is 0 Å². The molecule has 0 aromatic heterocycles. The molecule has 3 rings (SSSR count). The maximum atomic E-state index is 11.6. The molecule has 0 radical (unpaired) electrons. The van der Waals surface area contributed by atoms with Gasteiger partial charge in [0.2, 0.25) is 0 Å². The topological polar surface area (TPSA) is 26.3 Å². The molecule has 76 valence electrons. The van der Waals surface area contributed by atoms with E-state index in [9.17, 15) is 4.79 Å². The van der Waals surface area contributed by atoms with E-state index in [0.717, 1.165) is 6.42 Å². The molecule has 2 heteroatoms. The molecule has 1 saturated carbocycles. The van der Waals surface area contributed by atoms with Crippen LogP contribution in [0.4, 0.5) is 0 Å². The molecule has 0 amide bonds. The van der Waals surface area contributed by atoms with Crippen molar-refractivity contribution in [3.8, 4) is 0 Å². The second kappa shape index (κ2) is 3.11. The van der Waals surface area contributed by atoms with Gasteiger partial charge in [-0.1, -0.05) is 18.1 Å².